The maximum absolute atomic E-state index is 12.5. The predicted molar refractivity (Wildman–Crippen MR) is 109 cm³/mol. The second kappa shape index (κ2) is 8.23. The van der Waals surface area contributed by atoms with Crippen molar-refractivity contribution in [2.24, 2.45) is 0 Å². The summed E-state index contributed by atoms with van der Waals surface area (Å²) in [7, 11) is 0. The van der Waals surface area contributed by atoms with Crippen molar-refractivity contribution in [1.29, 1.82) is 0 Å². The van der Waals surface area contributed by atoms with Gasteiger partial charge in [-0.05, 0) is 73.9 Å². The maximum atomic E-state index is 12.5. The molecule has 28 heavy (non-hydrogen) atoms. The van der Waals surface area contributed by atoms with Gasteiger partial charge in [0.15, 0.2) is 11.5 Å². The molecule has 0 saturated carbocycles. The Morgan fingerprint density at radius 2 is 1.79 bits per heavy atom. The van der Waals surface area contributed by atoms with Gasteiger partial charge in [-0.2, -0.15) is 0 Å². The fraction of sp³-hybridized carbons (Fsp3) is 0.435. The molecule has 0 aromatic heterocycles. The standard InChI is InChI=1S/C23H28N2O3/c1-15(19-9-8-18-5-3-4-6-20(18)12-19)25-16(2)23(26)24-13-17-7-10-21-22(11-17)28-14-27-21/h7-12,15-16,25H,3-6,13-14H2,1-2H3,(H,24,26)/t15-,16-/m0/s1. The number of amides is 1. The molecule has 4 rings (SSSR count). The summed E-state index contributed by atoms with van der Waals surface area (Å²) >= 11 is 0. The highest BCUT2D eigenvalue weighted by atomic mass is 16.7. The first-order valence-electron chi connectivity index (χ1n) is 10.1. The summed E-state index contributed by atoms with van der Waals surface area (Å²) in [5.74, 6) is 1.48. The number of hydrogen-bond donors (Lipinski definition) is 2. The third-order valence-corrected chi connectivity index (χ3v) is 5.67. The summed E-state index contributed by atoms with van der Waals surface area (Å²) in [6.45, 7) is 4.75. The Labute approximate surface area is 166 Å². The molecule has 0 saturated heterocycles. The van der Waals surface area contributed by atoms with Crippen molar-refractivity contribution in [2.75, 3.05) is 6.79 Å². The van der Waals surface area contributed by atoms with Crippen molar-refractivity contribution >= 4 is 5.91 Å². The first kappa shape index (κ1) is 18.8. The summed E-state index contributed by atoms with van der Waals surface area (Å²) in [6.07, 6.45) is 4.93. The normalized spacial score (nSPS) is 16.9. The fourth-order valence-corrected chi connectivity index (χ4v) is 3.96. The number of aryl methyl sites for hydroxylation is 2. The van der Waals surface area contributed by atoms with Crippen LogP contribution in [0, 0.1) is 0 Å². The number of fused-ring (bicyclic) bond motifs is 2. The van der Waals surface area contributed by atoms with Crippen LogP contribution in [0.4, 0.5) is 0 Å². The van der Waals surface area contributed by atoms with Crippen LogP contribution in [0.25, 0.3) is 0 Å². The number of benzene rings is 2. The van der Waals surface area contributed by atoms with Crippen LogP contribution < -0.4 is 20.1 Å². The van der Waals surface area contributed by atoms with Crippen LogP contribution in [0.2, 0.25) is 0 Å². The molecule has 5 nitrogen and oxygen atoms in total. The first-order valence-corrected chi connectivity index (χ1v) is 10.1. The Balaban J connectivity index is 1.31. The third kappa shape index (κ3) is 4.14. The molecule has 1 aliphatic carbocycles. The Kier molecular flexibility index (Phi) is 5.53. The van der Waals surface area contributed by atoms with Gasteiger partial charge >= 0.3 is 0 Å². The molecule has 2 aliphatic rings. The predicted octanol–water partition coefficient (Wildman–Crippen LogP) is 3.65. The van der Waals surface area contributed by atoms with Gasteiger partial charge in [0, 0.05) is 12.6 Å². The van der Waals surface area contributed by atoms with Crippen LogP contribution >= 0.6 is 0 Å². The quantitative estimate of drug-likeness (QED) is 0.803. The third-order valence-electron chi connectivity index (χ3n) is 5.67. The van der Waals surface area contributed by atoms with E-state index in [1.165, 1.54) is 42.4 Å². The summed E-state index contributed by atoms with van der Waals surface area (Å²) in [6, 6.07) is 12.3. The average Bonchev–Trinajstić information content (AvgIpc) is 3.19. The minimum absolute atomic E-state index is 0.0116. The molecule has 5 heteroatoms. The molecular weight excluding hydrogens is 352 g/mol. The molecular formula is C23H28N2O3. The largest absolute Gasteiger partial charge is 0.454 e. The van der Waals surface area contributed by atoms with E-state index in [1.807, 2.05) is 25.1 Å². The zero-order valence-electron chi connectivity index (χ0n) is 16.6. The van der Waals surface area contributed by atoms with Gasteiger partial charge in [-0.15, -0.1) is 0 Å². The van der Waals surface area contributed by atoms with E-state index in [9.17, 15) is 4.79 Å². The van der Waals surface area contributed by atoms with Gasteiger partial charge in [-0.25, -0.2) is 0 Å². The van der Waals surface area contributed by atoms with Gasteiger partial charge in [-0.3, -0.25) is 10.1 Å². The highest BCUT2D eigenvalue weighted by Gasteiger charge is 2.18. The number of nitrogens with one attached hydrogen (secondary N) is 2. The monoisotopic (exact) mass is 380 g/mol. The van der Waals surface area contributed by atoms with Gasteiger partial charge in [0.25, 0.3) is 0 Å². The van der Waals surface area contributed by atoms with E-state index < -0.39 is 0 Å². The van der Waals surface area contributed by atoms with E-state index in [4.69, 9.17) is 9.47 Å². The molecule has 1 heterocycles. The van der Waals surface area contributed by atoms with Gasteiger partial charge in [0.1, 0.15) is 0 Å². The topological polar surface area (TPSA) is 59.6 Å². The Hall–Kier alpha value is -2.53. The van der Waals surface area contributed by atoms with E-state index in [0.717, 1.165) is 17.1 Å². The van der Waals surface area contributed by atoms with Gasteiger partial charge < -0.3 is 14.8 Å². The second-order valence-electron chi connectivity index (χ2n) is 7.75. The fourth-order valence-electron chi connectivity index (χ4n) is 3.96. The highest BCUT2D eigenvalue weighted by molar-refractivity contribution is 5.81. The first-order chi connectivity index (χ1) is 13.6. The molecule has 148 valence electrons. The van der Waals surface area contributed by atoms with Crippen LogP contribution in [0.5, 0.6) is 11.5 Å². The number of ether oxygens (including phenoxy) is 2. The Morgan fingerprint density at radius 3 is 2.64 bits per heavy atom. The van der Waals surface area contributed by atoms with E-state index in [-0.39, 0.29) is 24.8 Å². The zero-order valence-corrected chi connectivity index (χ0v) is 16.6. The van der Waals surface area contributed by atoms with Crippen molar-refractivity contribution in [2.45, 2.75) is 58.2 Å². The highest BCUT2D eigenvalue weighted by Crippen LogP contribution is 2.32. The molecule has 2 N–H and O–H groups in total. The number of carbonyl (C=O) groups excluding carboxylic acids is 1. The molecule has 2 aromatic rings. The molecule has 0 unspecified atom stereocenters. The van der Waals surface area contributed by atoms with E-state index in [1.54, 1.807) is 0 Å². The number of hydrogen-bond acceptors (Lipinski definition) is 4. The van der Waals surface area contributed by atoms with Crippen molar-refractivity contribution in [3.05, 3.63) is 58.7 Å². The number of rotatable bonds is 6. The van der Waals surface area contributed by atoms with Crippen molar-refractivity contribution < 1.29 is 14.3 Å². The van der Waals surface area contributed by atoms with Crippen LogP contribution in [0.15, 0.2) is 36.4 Å². The van der Waals surface area contributed by atoms with Gasteiger partial charge in [0.05, 0.1) is 6.04 Å². The minimum atomic E-state index is -0.278. The minimum Gasteiger partial charge on any atom is -0.454 e. The Morgan fingerprint density at radius 1 is 1.00 bits per heavy atom. The smallest absolute Gasteiger partial charge is 0.237 e. The molecule has 2 aromatic carbocycles. The molecule has 1 aliphatic heterocycles. The lowest BCUT2D eigenvalue weighted by atomic mass is 9.89. The van der Waals surface area contributed by atoms with Crippen LogP contribution in [0.3, 0.4) is 0 Å². The van der Waals surface area contributed by atoms with Crippen molar-refractivity contribution in [3.8, 4) is 11.5 Å². The van der Waals surface area contributed by atoms with Gasteiger partial charge in [0.2, 0.25) is 12.7 Å². The number of carbonyl (C=O) groups is 1. The van der Waals surface area contributed by atoms with Crippen LogP contribution in [-0.2, 0) is 24.2 Å². The molecule has 0 spiro atoms. The Bertz CT molecular complexity index is 865. The molecule has 0 fully saturated rings. The van der Waals surface area contributed by atoms with Crippen molar-refractivity contribution in [1.82, 2.24) is 10.6 Å². The van der Waals surface area contributed by atoms with Crippen molar-refractivity contribution in [3.63, 3.8) is 0 Å². The lowest BCUT2D eigenvalue weighted by Crippen LogP contribution is -2.42. The summed E-state index contributed by atoms with van der Waals surface area (Å²) in [5.41, 5.74) is 5.19. The molecule has 2 atom stereocenters. The van der Waals surface area contributed by atoms with Crippen LogP contribution in [-0.4, -0.2) is 18.7 Å². The molecule has 0 bridgehead atoms. The SMILES string of the molecule is C[C@H](N[C@@H](C)c1ccc2c(c1)CCCC2)C(=O)NCc1ccc2c(c1)OCO2. The van der Waals surface area contributed by atoms with E-state index >= 15 is 0 Å². The second-order valence-corrected chi connectivity index (χ2v) is 7.75. The molecule has 1 amide bonds. The summed E-state index contributed by atoms with van der Waals surface area (Å²) < 4.78 is 10.7. The van der Waals surface area contributed by atoms with E-state index in [0.29, 0.717) is 6.54 Å². The van der Waals surface area contributed by atoms with E-state index in [2.05, 4.69) is 35.8 Å². The summed E-state index contributed by atoms with van der Waals surface area (Å²) in [5, 5.41) is 6.42. The van der Waals surface area contributed by atoms with Gasteiger partial charge in [-0.1, -0.05) is 24.3 Å². The lowest BCUT2D eigenvalue weighted by Gasteiger charge is -2.22. The molecule has 0 radical (unpaired) electrons. The average molecular weight is 380 g/mol. The maximum Gasteiger partial charge on any atom is 0.237 e. The summed E-state index contributed by atoms with van der Waals surface area (Å²) in [4.78, 5) is 12.5. The lowest BCUT2D eigenvalue weighted by molar-refractivity contribution is -0.123. The zero-order chi connectivity index (χ0) is 19.5. The van der Waals surface area contributed by atoms with Crippen LogP contribution in [0.1, 0.15) is 55.0 Å².